The quantitative estimate of drug-likeness (QED) is 0.598. The summed E-state index contributed by atoms with van der Waals surface area (Å²) in [6.45, 7) is 8.78. The Morgan fingerprint density at radius 1 is 1.20 bits per heavy atom. The van der Waals surface area contributed by atoms with Crippen molar-refractivity contribution in [1.82, 2.24) is 14.6 Å². The topological polar surface area (TPSA) is 71.5 Å². The molecule has 1 unspecified atom stereocenters. The fourth-order valence-electron chi connectivity index (χ4n) is 4.04. The number of pyridine rings is 1. The summed E-state index contributed by atoms with van der Waals surface area (Å²) in [6.07, 6.45) is 8.02. The number of aryl methyl sites for hydroxylation is 1. The van der Waals surface area contributed by atoms with E-state index in [4.69, 9.17) is 4.74 Å². The second kappa shape index (κ2) is 10.6. The highest BCUT2D eigenvalue weighted by Gasteiger charge is 2.28. The van der Waals surface area contributed by atoms with Gasteiger partial charge in [-0.05, 0) is 56.8 Å². The first kappa shape index (κ1) is 23.0. The van der Waals surface area contributed by atoms with Gasteiger partial charge in [0.1, 0.15) is 6.10 Å². The number of hydrogen-bond donors (Lipinski definition) is 1. The summed E-state index contributed by atoms with van der Waals surface area (Å²) in [6, 6.07) is 5.44. The van der Waals surface area contributed by atoms with Gasteiger partial charge in [-0.15, -0.1) is 0 Å². The zero-order valence-corrected chi connectivity index (χ0v) is 19.3. The standard InChI is InChI=1S/C23H35N3O3S/c1-4-6-7-10-19(5-2)29-23-20-11-8-12-21(22(20)18(3)17-25-23)30(27,28)26-15-9-13-24-14-16-26/h8,11-12,17,19,24H,4-7,9-10,13-16H2,1-3H3. The Morgan fingerprint density at radius 3 is 2.80 bits per heavy atom. The van der Waals surface area contributed by atoms with E-state index in [0.717, 1.165) is 48.6 Å². The minimum atomic E-state index is -3.59. The van der Waals surface area contributed by atoms with Crippen LogP contribution in [0.15, 0.2) is 29.3 Å². The van der Waals surface area contributed by atoms with E-state index in [-0.39, 0.29) is 6.10 Å². The van der Waals surface area contributed by atoms with E-state index >= 15 is 0 Å². The number of aromatic nitrogens is 1. The lowest BCUT2D eigenvalue weighted by Gasteiger charge is -2.22. The van der Waals surface area contributed by atoms with Gasteiger partial charge in [0.2, 0.25) is 15.9 Å². The van der Waals surface area contributed by atoms with Gasteiger partial charge in [0.15, 0.2) is 0 Å². The molecule has 7 heteroatoms. The molecule has 1 saturated heterocycles. The fraction of sp³-hybridized carbons (Fsp3) is 0.609. The number of sulfonamides is 1. The van der Waals surface area contributed by atoms with Crippen molar-refractivity contribution < 1.29 is 13.2 Å². The molecule has 2 heterocycles. The predicted molar refractivity (Wildman–Crippen MR) is 122 cm³/mol. The van der Waals surface area contributed by atoms with Crippen LogP contribution in [0.4, 0.5) is 0 Å². The molecule has 0 radical (unpaired) electrons. The first-order chi connectivity index (χ1) is 14.5. The van der Waals surface area contributed by atoms with Crippen molar-refractivity contribution in [3.8, 4) is 5.88 Å². The molecule has 30 heavy (non-hydrogen) atoms. The summed E-state index contributed by atoms with van der Waals surface area (Å²) in [7, 11) is -3.59. The van der Waals surface area contributed by atoms with Crippen LogP contribution in [-0.2, 0) is 10.0 Å². The highest BCUT2D eigenvalue weighted by Crippen LogP contribution is 2.33. The monoisotopic (exact) mass is 433 g/mol. The van der Waals surface area contributed by atoms with Gasteiger partial charge in [0, 0.05) is 36.6 Å². The SMILES string of the molecule is CCCCCC(CC)Oc1ncc(C)c2c(S(=O)(=O)N3CCCNCC3)cccc12. The third kappa shape index (κ3) is 5.13. The highest BCUT2D eigenvalue weighted by molar-refractivity contribution is 7.89. The Labute approximate surface area is 181 Å². The molecule has 3 rings (SSSR count). The normalized spacial score (nSPS) is 17.0. The molecule has 0 bridgehead atoms. The van der Waals surface area contributed by atoms with E-state index in [1.165, 1.54) is 12.8 Å². The lowest BCUT2D eigenvalue weighted by Crippen LogP contribution is -2.34. The Bertz CT molecular complexity index is 938. The molecule has 1 aliphatic heterocycles. The zero-order chi connectivity index (χ0) is 21.6. The minimum Gasteiger partial charge on any atom is -0.474 e. The van der Waals surface area contributed by atoms with Crippen molar-refractivity contribution in [1.29, 1.82) is 0 Å². The second-order valence-corrected chi connectivity index (χ2v) is 9.98. The number of rotatable bonds is 9. The van der Waals surface area contributed by atoms with Gasteiger partial charge < -0.3 is 10.1 Å². The molecule has 1 atom stereocenters. The van der Waals surface area contributed by atoms with E-state index in [0.29, 0.717) is 30.4 Å². The Morgan fingerprint density at radius 2 is 2.03 bits per heavy atom. The number of nitrogens with zero attached hydrogens (tertiary/aromatic N) is 2. The molecule has 2 aromatic rings. The van der Waals surface area contributed by atoms with E-state index in [2.05, 4.69) is 24.1 Å². The Hall–Kier alpha value is -1.70. The molecule has 1 aromatic heterocycles. The summed E-state index contributed by atoms with van der Waals surface area (Å²) < 4.78 is 34.9. The van der Waals surface area contributed by atoms with Crippen LogP contribution in [0.1, 0.15) is 57.9 Å². The van der Waals surface area contributed by atoms with Crippen LogP contribution in [-0.4, -0.2) is 50.0 Å². The Balaban J connectivity index is 1.99. The number of hydrogen-bond acceptors (Lipinski definition) is 5. The predicted octanol–water partition coefficient (Wildman–Crippen LogP) is 4.26. The van der Waals surface area contributed by atoms with Crippen molar-refractivity contribution in [2.45, 2.75) is 70.3 Å². The van der Waals surface area contributed by atoms with Gasteiger partial charge in [-0.25, -0.2) is 13.4 Å². The van der Waals surface area contributed by atoms with Gasteiger partial charge in [0.05, 0.1) is 4.90 Å². The molecule has 1 fully saturated rings. The number of unbranched alkanes of at least 4 members (excludes halogenated alkanes) is 2. The van der Waals surface area contributed by atoms with Crippen LogP contribution in [0.3, 0.4) is 0 Å². The lowest BCUT2D eigenvalue weighted by atomic mass is 10.1. The minimum absolute atomic E-state index is 0.0897. The van der Waals surface area contributed by atoms with E-state index in [1.54, 1.807) is 22.6 Å². The molecule has 1 aliphatic rings. The number of ether oxygens (including phenoxy) is 1. The zero-order valence-electron chi connectivity index (χ0n) is 18.5. The van der Waals surface area contributed by atoms with Crippen molar-refractivity contribution in [3.05, 3.63) is 30.0 Å². The molecule has 0 aliphatic carbocycles. The molecular weight excluding hydrogens is 398 g/mol. The van der Waals surface area contributed by atoms with E-state index < -0.39 is 10.0 Å². The molecule has 0 saturated carbocycles. The molecule has 0 spiro atoms. The number of nitrogens with one attached hydrogen (secondary N) is 1. The van der Waals surface area contributed by atoms with Gasteiger partial charge in [0.25, 0.3) is 0 Å². The first-order valence-corrected chi connectivity index (χ1v) is 12.7. The lowest BCUT2D eigenvalue weighted by molar-refractivity contribution is 0.178. The molecule has 0 amide bonds. The smallest absolute Gasteiger partial charge is 0.243 e. The van der Waals surface area contributed by atoms with Crippen LogP contribution in [0.5, 0.6) is 5.88 Å². The summed E-state index contributed by atoms with van der Waals surface area (Å²) in [5.74, 6) is 0.536. The molecule has 1 aromatic carbocycles. The van der Waals surface area contributed by atoms with E-state index in [1.807, 2.05) is 13.0 Å². The van der Waals surface area contributed by atoms with Crippen LogP contribution in [0.2, 0.25) is 0 Å². The van der Waals surface area contributed by atoms with Crippen molar-refractivity contribution in [2.24, 2.45) is 0 Å². The maximum absolute atomic E-state index is 13.5. The largest absolute Gasteiger partial charge is 0.474 e. The van der Waals surface area contributed by atoms with Gasteiger partial charge in [-0.3, -0.25) is 0 Å². The second-order valence-electron chi connectivity index (χ2n) is 8.08. The van der Waals surface area contributed by atoms with Crippen LogP contribution in [0.25, 0.3) is 10.8 Å². The van der Waals surface area contributed by atoms with Crippen molar-refractivity contribution in [3.63, 3.8) is 0 Å². The molecule has 6 nitrogen and oxygen atoms in total. The average molecular weight is 434 g/mol. The maximum Gasteiger partial charge on any atom is 0.243 e. The van der Waals surface area contributed by atoms with E-state index in [9.17, 15) is 8.42 Å². The summed E-state index contributed by atoms with van der Waals surface area (Å²) in [5, 5.41) is 4.77. The van der Waals surface area contributed by atoms with Gasteiger partial charge in [-0.2, -0.15) is 4.31 Å². The maximum atomic E-state index is 13.5. The Kier molecular flexibility index (Phi) is 8.08. The summed E-state index contributed by atoms with van der Waals surface area (Å²) >= 11 is 0. The third-order valence-electron chi connectivity index (χ3n) is 5.81. The number of benzene rings is 1. The molecular formula is C23H35N3O3S. The van der Waals surface area contributed by atoms with Crippen LogP contribution in [0, 0.1) is 6.92 Å². The first-order valence-electron chi connectivity index (χ1n) is 11.2. The molecule has 1 N–H and O–H groups in total. The van der Waals surface area contributed by atoms with Crippen LogP contribution >= 0.6 is 0 Å². The molecule has 166 valence electrons. The van der Waals surface area contributed by atoms with Crippen molar-refractivity contribution in [2.75, 3.05) is 26.2 Å². The van der Waals surface area contributed by atoms with Gasteiger partial charge >= 0.3 is 0 Å². The highest BCUT2D eigenvalue weighted by atomic mass is 32.2. The number of fused-ring (bicyclic) bond motifs is 1. The van der Waals surface area contributed by atoms with Crippen molar-refractivity contribution >= 4 is 20.8 Å². The average Bonchev–Trinajstić information content (AvgIpc) is 3.04. The summed E-state index contributed by atoms with van der Waals surface area (Å²) in [5.41, 5.74) is 0.850. The van der Waals surface area contributed by atoms with Crippen LogP contribution < -0.4 is 10.1 Å². The third-order valence-corrected chi connectivity index (χ3v) is 7.75. The fourth-order valence-corrected chi connectivity index (χ4v) is 5.80. The summed E-state index contributed by atoms with van der Waals surface area (Å²) in [4.78, 5) is 4.88. The van der Waals surface area contributed by atoms with Gasteiger partial charge in [-0.1, -0.05) is 32.8 Å².